The molecule has 1 heterocycles. The third kappa shape index (κ3) is 4.07. The molecular weight excluding hydrogens is 321 g/mol. The first-order valence-electron chi connectivity index (χ1n) is 7.47. The van der Waals surface area contributed by atoms with E-state index < -0.39 is 22.6 Å². The van der Waals surface area contributed by atoms with Crippen LogP contribution in [0.25, 0.3) is 0 Å². The fourth-order valence-corrected chi connectivity index (χ4v) is 4.06. The van der Waals surface area contributed by atoms with Gasteiger partial charge < -0.3 is 10.2 Å². The number of sulfonamides is 1. The standard InChI is InChI=1S/C15H22FN3O3S/c1-18-9-6-13(11-18)19(2)23(21,22)14-5-3-4-12(10-14)15(20)17-8-7-16/h3-5,10,13H,6-9,11H2,1-2H3,(H,17,20)/t13-/m0/s1. The number of likely N-dealkylation sites (N-methyl/N-ethyl adjacent to an activating group) is 2. The lowest BCUT2D eigenvalue weighted by Gasteiger charge is -2.24. The number of rotatable bonds is 6. The van der Waals surface area contributed by atoms with Gasteiger partial charge in [-0.3, -0.25) is 4.79 Å². The Bertz CT molecular complexity index is 666. The average Bonchev–Trinajstić information content (AvgIpc) is 2.98. The quantitative estimate of drug-likeness (QED) is 0.826. The van der Waals surface area contributed by atoms with Crippen molar-refractivity contribution in [3.05, 3.63) is 29.8 Å². The van der Waals surface area contributed by atoms with Gasteiger partial charge in [-0.25, -0.2) is 12.8 Å². The van der Waals surface area contributed by atoms with Crippen LogP contribution in [0.15, 0.2) is 29.2 Å². The highest BCUT2D eigenvalue weighted by atomic mass is 32.2. The molecule has 1 aromatic carbocycles. The molecule has 1 atom stereocenters. The highest BCUT2D eigenvalue weighted by molar-refractivity contribution is 7.89. The van der Waals surface area contributed by atoms with Crippen molar-refractivity contribution in [2.24, 2.45) is 0 Å². The number of nitrogens with one attached hydrogen (secondary N) is 1. The van der Waals surface area contributed by atoms with Gasteiger partial charge in [0, 0.05) is 31.7 Å². The summed E-state index contributed by atoms with van der Waals surface area (Å²) in [5.74, 6) is -0.483. The largest absolute Gasteiger partial charge is 0.349 e. The number of hydrogen-bond acceptors (Lipinski definition) is 4. The van der Waals surface area contributed by atoms with Crippen molar-refractivity contribution in [2.75, 3.05) is 40.4 Å². The van der Waals surface area contributed by atoms with E-state index in [2.05, 4.69) is 10.2 Å². The van der Waals surface area contributed by atoms with Crippen LogP contribution in [0.3, 0.4) is 0 Å². The smallest absolute Gasteiger partial charge is 0.251 e. The molecule has 6 nitrogen and oxygen atoms in total. The molecule has 1 N–H and O–H groups in total. The van der Waals surface area contributed by atoms with Gasteiger partial charge in [0.1, 0.15) is 6.67 Å². The Kier molecular flexibility index (Phi) is 5.72. The zero-order valence-corrected chi connectivity index (χ0v) is 14.1. The van der Waals surface area contributed by atoms with E-state index in [-0.39, 0.29) is 23.0 Å². The van der Waals surface area contributed by atoms with Crippen LogP contribution in [0.4, 0.5) is 4.39 Å². The summed E-state index contributed by atoms with van der Waals surface area (Å²) in [7, 11) is -0.151. The zero-order chi connectivity index (χ0) is 17.0. The molecule has 1 fully saturated rings. The van der Waals surface area contributed by atoms with Crippen molar-refractivity contribution in [1.29, 1.82) is 0 Å². The Morgan fingerprint density at radius 1 is 1.48 bits per heavy atom. The van der Waals surface area contributed by atoms with Crippen LogP contribution in [0.5, 0.6) is 0 Å². The Labute approximate surface area is 136 Å². The lowest BCUT2D eigenvalue weighted by atomic mass is 10.2. The maximum Gasteiger partial charge on any atom is 0.251 e. The molecule has 0 saturated carbocycles. The van der Waals surface area contributed by atoms with Gasteiger partial charge in [-0.15, -0.1) is 0 Å². The van der Waals surface area contributed by atoms with Gasteiger partial charge in [0.2, 0.25) is 10.0 Å². The molecule has 0 aliphatic carbocycles. The first kappa shape index (κ1) is 17.8. The number of carbonyl (C=O) groups is 1. The maximum absolute atomic E-state index is 12.7. The molecule has 8 heteroatoms. The number of amides is 1. The Morgan fingerprint density at radius 3 is 2.83 bits per heavy atom. The molecule has 2 rings (SSSR count). The average molecular weight is 343 g/mol. The van der Waals surface area contributed by atoms with Crippen LogP contribution in [0, 0.1) is 0 Å². The Balaban J connectivity index is 2.21. The van der Waals surface area contributed by atoms with E-state index >= 15 is 0 Å². The molecule has 1 amide bonds. The summed E-state index contributed by atoms with van der Waals surface area (Å²) >= 11 is 0. The summed E-state index contributed by atoms with van der Waals surface area (Å²) in [6.45, 7) is 0.786. The number of halogens is 1. The van der Waals surface area contributed by atoms with E-state index in [1.165, 1.54) is 28.6 Å². The molecule has 128 valence electrons. The van der Waals surface area contributed by atoms with E-state index in [0.29, 0.717) is 6.54 Å². The van der Waals surface area contributed by atoms with Gasteiger partial charge in [-0.1, -0.05) is 6.07 Å². The van der Waals surface area contributed by atoms with Gasteiger partial charge in [-0.05, 0) is 38.2 Å². The molecule has 1 saturated heterocycles. The third-order valence-electron chi connectivity index (χ3n) is 4.03. The Hall–Kier alpha value is -1.51. The van der Waals surface area contributed by atoms with Crippen LogP contribution in [-0.2, 0) is 10.0 Å². The minimum absolute atomic E-state index is 0.0717. The molecule has 0 bridgehead atoms. The second-order valence-electron chi connectivity index (χ2n) is 5.70. The number of carbonyl (C=O) groups excluding carboxylic acids is 1. The van der Waals surface area contributed by atoms with E-state index in [1.54, 1.807) is 7.05 Å². The SMILES string of the molecule is CN1CC[C@H](N(C)S(=O)(=O)c2cccc(C(=O)NCCF)c2)C1. The van der Waals surface area contributed by atoms with Gasteiger partial charge >= 0.3 is 0 Å². The zero-order valence-electron chi connectivity index (χ0n) is 13.3. The van der Waals surface area contributed by atoms with Gasteiger partial charge in [-0.2, -0.15) is 4.31 Å². The molecular formula is C15H22FN3O3S. The summed E-state index contributed by atoms with van der Waals surface area (Å²) in [6, 6.07) is 5.75. The maximum atomic E-state index is 12.7. The monoisotopic (exact) mass is 343 g/mol. The van der Waals surface area contributed by atoms with Crippen LogP contribution >= 0.6 is 0 Å². The predicted molar refractivity (Wildman–Crippen MR) is 85.6 cm³/mol. The van der Waals surface area contributed by atoms with Gasteiger partial charge in [0.25, 0.3) is 5.91 Å². The van der Waals surface area contributed by atoms with Crippen molar-refractivity contribution in [1.82, 2.24) is 14.5 Å². The lowest BCUT2D eigenvalue weighted by Crippen LogP contribution is -2.38. The number of benzene rings is 1. The first-order valence-corrected chi connectivity index (χ1v) is 8.91. The summed E-state index contributed by atoms with van der Waals surface area (Å²) < 4.78 is 39.0. The van der Waals surface area contributed by atoms with Crippen molar-refractivity contribution in [3.63, 3.8) is 0 Å². The van der Waals surface area contributed by atoms with E-state index in [9.17, 15) is 17.6 Å². The minimum Gasteiger partial charge on any atom is -0.349 e. The summed E-state index contributed by atoms with van der Waals surface area (Å²) in [5, 5.41) is 2.39. The Morgan fingerprint density at radius 2 is 2.22 bits per heavy atom. The molecule has 1 aliphatic rings. The predicted octanol–water partition coefficient (Wildman–Crippen LogP) is 0.710. The molecule has 1 aromatic rings. The van der Waals surface area contributed by atoms with Crippen LogP contribution in [0.1, 0.15) is 16.8 Å². The fraction of sp³-hybridized carbons (Fsp3) is 0.533. The third-order valence-corrected chi connectivity index (χ3v) is 5.94. The van der Waals surface area contributed by atoms with Gasteiger partial charge in [0.15, 0.2) is 0 Å². The highest BCUT2D eigenvalue weighted by Crippen LogP contribution is 2.22. The van der Waals surface area contributed by atoms with Crippen molar-refractivity contribution in [2.45, 2.75) is 17.4 Å². The highest BCUT2D eigenvalue weighted by Gasteiger charge is 2.32. The van der Waals surface area contributed by atoms with Crippen molar-refractivity contribution in [3.8, 4) is 0 Å². The molecule has 23 heavy (non-hydrogen) atoms. The van der Waals surface area contributed by atoms with E-state index in [4.69, 9.17) is 0 Å². The number of alkyl halides is 1. The number of likely N-dealkylation sites (tertiary alicyclic amines) is 1. The van der Waals surface area contributed by atoms with Crippen molar-refractivity contribution >= 4 is 15.9 Å². The van der Waals surface area contributed by atoms with E-state index in [1.807, 2.05) is 7.05 Å². The second-order valence-corrected chi connectivity index (χ2v) is 7.70. The lowest BCUT2D eigenvalue weighted by molar-refractivity contribution is 0.0950. The summed E-state index contributed by atoms with van der Waals surface area (Å²) in [6.07, 6.45) is 0.781. The van der Waals surface area contributed by atoms with Crippen molar-refractivity contribution < 1.29 is 17.6 Å². The number of nitrogens with zero attached hydrogens (tertiary/aromatic N) is 2. The molecule has 0 radical (unpaired) electrons. The molecule has 0 aromatic heterocycles. The van der Waals surface area contributed by atoms with Gasteiger partial charge in [0.05, 0.1) is 4.90 Å². The molecule has 1 aliphatic heterocycles. The topological polar surface area (TPSA) is 69.7 Å². The first-order chi connectivity index (χ1) is 10.9. The normalized spacial score (nSPS) is 19.2. The summed E-state index contributed by atoms with van der Waals surface area (Å²) in [5.41, 5.74) is 0.205. The van der Waals surface area contributed by atoms with E-state index in [0.717, 1.165) is 13.0 Å². The second kappa shape index (κ2) is 7.37. The fourth-order valence-electron chi connectivity index (χ4n) is 2.63. The van der Waals surface area contributed by atoms with Crippen LogP contribution in [-0.4, -0.2) is 70.0 Å². The minimum atomic E-state index is -3.67. The molecule has 0 spiro atoms. The van der Waals surface area contributed by atoms with Crippen LogP contribution < -0.4 is 5.32 Å². The summed E-state index contributed by atoms with van der Waals surface area (Å²) in [4.78, 5) is 14.0. The van der Waals surface area contributed by atoms with Crippen LogP contribution in [0.2, 0.25) is 0 Å². The number of hydrogen-bond donors (Lipinski definition) is 1. The molecule has 0 unspecified atom stereocenters.